The highest BCUT2D eigenvalue weighted by atomic mass is 127. The van der Waals surface area contributed by atoms with E-state index in [1.54, 1.807) is 25.5 Å². The van der Waals surface area contributed by atoms with E-state index in [0.717, 1.165) is 20.4 Å². The Labute approximate surface area is 183 Å². The summed E-state index contributed by atoms with van der Waals surface area (Å²) in [4.78, 5) is 12.2. The molecule has 1 amide bonds. The van der Waals surface area contributed by atoms with Gasteiger partial charge in [0.15, 0.2) is 0 Å². The summed E-state index contributed by atoms with van der Waals surface area (Å²) in [6, 6.07) is 21.0. The summed E-state index contributed by atoms with van der Waals surface area (Å²) in [6.45, 7) is 2.58. The SMILES string of the molecule is COc1cc(C(=O)N/N=C\c2ccc(OCc3cccc(C)c3)cc2)ccc1I. The molecule has 0 atom stereocenters. The molecule has 0 aromatic heterocycles. The van der Waals surface area contributed by atoms with Gasteiger partial charge in [0.05, 0.1) is 16.9 Å². The molecule has 0 unspecified atom stereocenters. The highest BCUT2D eigenvalue weighted by molar-refractivity contribution is 14.1. The second-order valence-electron chi connectivity index (χ2n) is 6.40. The Morgan fingerprint density at radius 2 is 1.90 bits per heavy atom. The van der Waals surface area contributed by atoms with Crippen LogP contribution in [0.4, 0.5) is 0 Å². The Hall–Kier alpha value is -2.87. The number of carbonyl (C=O) groups is 1. The van der Waals surface area contributed by atoms with Crippen LogP contribution in [0.3, 0.4) is 0 Å². The molecule has 0 saturated carbocycles. The molecule has 5 nitrogen and oxygen atoms in total. The summed E-state index contributed by atoms with van der Waals surface area (Å²) in [5.41, 5.74) is 6.21. The predicted molar refractivity (Wildman–Crippen MR) is 123 cm³/mol. The number of halogens is 1. The minimum Gasteiger partial charge on any atom is -0.496 e. The monoisotopic (exact) mass is 500 g/mol. The molecule has 3 rings (SSSR count). The van der Waals surface area contributed by atoms with Crippen LogP contribution in [0.1, 0.15) is 27.0 Å². The first-order chi connectivity index (χ1) is 14.0. The largest absolute Gasteiger partial charge is 0.496 e. The Balaban J connectivity index is 1.54. The molecule has 0 radical (unpaired) electrons. The van der Waals surface area contributed by atoms with E-state index in [4.69, 9.17) is 9.47 Å². The minimum absolute atomic E-state index is 0.297. The van der Waals surface area contributed by atoms with Gasteiger partial charge in [0.2, 0.25) is 0 Å². The van der Waals surface area contributed by atoms with Crippen molar-refractivity contribution in [3.05, 3.63) is 92.6 Å². The Kier molecular flexibility index (Phi) is 7.24. The number of ether oxygens (including phenoxy) is 2. The lowest BCUT2D eigenvalue weighted by molar-refractivity contribution is 0.0954. The molecule has 3 aromatic rings. The lowest BCUT2D eigenvalue weighted by Gasteiger charge is -2.07. The Morgan fingerprint density at radius 3 is 2.62 bits per heavy atom. The van der Waals surface area contributed by atoms with E-state index < -0.39 is 0 Å². The van der Waals surface area contributed by atoms with Crippen LogP contribution in [0.5, 0.6) is 11.5 Å². The summed E-state index contributed by atoms with van der Waals surface area (Å²) in [7, 11) is 1.57. The molecule has 0 fully saturated rings. The fraction of sp³-hybridized carbons (Fsp3) is 0.130. The molecule has 0 spiro atoms. The molecule has 1 N–H and O–H groups in total. The summed E-state index contributed by atoms with van der Waals surface area (Å²) < 4.78 is 12.0. The maximum Gasteiger partial charge on any atom is 0.271 e. The van der Waals surface area contributed by atoms with E-state index in [0.29, 0.717) is 17.9 Å². The van der Waals surface area contributed by atoms with Crippen molar-refractivity contribution in [1.29, 1.82) is 0 Å². The fourth-order valence-electron chi connectivity index (χ4n) is 2.65. The van der Waals surface area contributed by atoms with Crippen molar-refractivity contribution in [2.45, 2.75) is 13.5 Å². The first kappa shape index (κ1) is 20.9. The number of hydrogen-bond donors (Lipinski definition) is 1. The number of nitrogens with zero attached hydrogens (tertiary/aromatic N) is 1. The van der Waals surface area contributed by atoms with E-state index in [1.807, 2.05) is 42.5 Å². The second kappa shape index (κ2) is 10.1. The number of benzene rings is 3. The second-order valence-corrected chi connectivity index (χ2v) is 7.56. The number of hydrogen-bond acceptors (Lipinski definition) is 4. The number of amides is 1. The molecule has 148 valence electrons. The molecule has 0 aliphatic rings. The van der Waals surface area contributed by atoms with E-state index in [-0.39, 0.29) is 5.91 Å². The van der Waals surface area contributed by atoms with Crippen LogP contribution in [-0.2, 0) is 6.61 Å². The smallest absolute Gasteiger partial charge is 0.271 e. The van der Waals surface area contributed by atoms with Gasteiger partial charge in [-0.1, -0.05) is 29.8 Å². The zero-order valence-corrected chi connectivity index (χ0v) is 18.3. The molecule has 0 bridgehead atoms. The first-order valence-corrected chi connectivity index (χ1v) is 10.1. The van der Waals surface area contributed by atoms with Crippen LogP contribution in [0.25, 0.3) is 0 Å². The average Bonchev–Trinajstić information content (AvgIpc) is 2.73. The molecule has 3 aromatic carbocycles. The highest BCUT2D eigenvalue weighted by Gasteiger charge is 2.08. The molecule has 0 saturated heterocycles. The van der Waals surface area contributed by atoms with Crippen molar-refractivity contribution in [1.82, 2.24) is 5.43 Å². The van der Waals surface area contributed by atoms with E-state index in [1.165, 1.54) is 5.56 Å². The number of rotatable bonds is 7. The van der Waals surface area contributed by atoms with Crippen LogP contribution in [0.15, 0.2) is 71.8 Å². The highest BCUT2D eigenvalue weighted by Crippen LogP contribution is 2.21. The molecule has 0 aliphatic heterocycles. The molecule has 0 aliphatic carbocycles. The van der Waals surface area contributed by atoms with Gasteiger partial charge in [-0.25, -0.2) is 5.43 Å². The fourth-order valence-corrected chi connectivity index (χ4v) is 3.21. The quantitative estimate of drug-likeness (QED) is 0.284. The summed E-state index contributed by atoms with van der Waals surface area (Å²) in [5, 5.41) is 4.02. The number of methoxy groups -OCH3 is 1. The molecular formula is C23H21IN2O3. The Morgan fingerprint density at radius 1 is 1.10 bits per heavy atom. The number of aryl methyl sites for hydroxylation is 1. The zero-order valence-electron chi connectivity index (χ0n) is 16.2. The third-order valence-electron chi connectivity index (χ3n) is 4.16. The van der Waals surface area contributed by atoms with Crippen LogP contribution in [-0.4, -0.2) is 19.2 Å². The van der Waals surface area contributed by atoms with Gasteiger partial charge in [-0.3, -0.25) is 4.79 Å². The van der Waals surface area contributed by atoms with Crippen molar-refractivity contribution in [3.63, 3.8) is 0 Å². The summed E-state index contributed by atoms with van der Waals surface area (Å²) in [5.74, 6) is 1.14. The maximum atomic E-state index is 12.2. The van der Waals surface area contributed by atoms with Crippen LogP contribution in [0.2, 0.25) is 0 Å². The molecule has 0 heterocycles. The number of carbonyl (C=O) groups excluding carboxylic acids is 1. The van der Waals surface area contributed by atoms with Crippen molar-refractivity contribution >= 4 is 34.7 Å². The molecular weight excluding hydrogens is 479 g/mol. The van der Waals surface area contributed by atoms with Gasteiger partial charge in [-0.05, 0) is 83.1 Å². The number of hydrazone groups is 1. The van der Waals surface area contributed by atoms with Crippen LogP contribution < -0.4 is 14.9 Å². The number of nitrogens with one attached hydrogen (secondary N) is 1. The summed E-state index contributed by atoms with van der Waals surface area (Å²) >= 11 is 2.15. The van der Waals surface area contributed by atoms with E-state index >= 15 is 0 Å². The van der Waals surface area contributed by atoms with Gasteiger partial charge in [-0.2, -0.15) is 5.10 Å². The van der Waals surface area contributed by atoms with Crippen molar-refractivity contribution in [2.75, 3.05) is 7.11 Å². The minimum atomic E-state index is -0.297. The standard InChI is InChI=1S/C23H21IN2O3/c1-16-4-3-5-18(12-16)15-29-20-9-6-17(7-10-20)14-25-26-23(27)19-8-11-21(24)22(13-19)28-2/h3-14H,15H2,1-2H3,(H,26,27)/b25-14-. The van der Waals surface area contributed by atoms with Crippen molar-refractivity contribution in [3.8, 4) is 11.5 Å². The Bertz CT molecular complexity index is 1020. The third-order valence-corrected chi connectivity index (χ3v) is 5.05. The lowest BCUT2D eigenvalue weighted by Crippen LogP contribution is -2.17. The zero-order chi connectivity index (χ0) is 20.6. The predicted octanol–water partition coefficient (Wildman–Crippen LogP) is 4.95. The van der Waals surface area contributed by atoms with Crippen molar-refractivity contribution in [2.24, 2.45) is 5.10 Å². The lowest BCUT2D eigenvalue weighted by atomic mass is 10.1. The topological polar surface area (TPSA) is 59.9 Å². The van der Waals surface area contributed by atoms with Gasteiger partial charge >= 0.3 is 0 Å². The van der Waals surface area contributed by atoms with Crippen molar-refractivity contribution < 1.29 is 14.3 Å². The maximum absolute atomic E-state index is 12.2. The van der Waals surface area contributed by atoms with Gasteiger partial charge in [0.25, 0.3) is 5.91 Å². The van der Waals surface area contributed by atoms with Crippen LogP contribution >= 0.6 is 22.6 Å². The molecule has 6 heteroatoms. The van der Waals surface area contributed by atoms with Gasteiger partial charge in [0, 0.05) is 5.56 Å². The third kappa shape index (κ3) is 6.05. The van der Waals surface area contributed by atoms with Crippen LogP contribution in [0, 0.1) is 10.5 Å². The summed E-state index contributed by atoms with van der Waals surface area (Å²) in [6.07, 6.45) is 1.59. The van der Waals surface area contributed by atoms with Gasteiger partial charge in [0.1, 0.15) is 18.1 Å². The van der Waals surface area contributed by atoms with Gasteiger partial charge < -0.3 is 9.47 Å². The molecule has 29 heavy (non-hydrogen) atoms. The first-order valence-electron chi connectivity index (χ1n) is 9.00. The van der Waals surface area contributed by atoms with E-state index in [9.17, 15) is 4.79 Å². The van der Waals surface area contributed by atoms with Gasteiger partial charge in [-0.15, -0.1) is 0 Å². The average molecular weight is 500 g/mol. The van der Waals surface area contributed by atoms with E-state index in [2.05, 4.69) is 52.2 Å². The normalized spacial score (nSPS) is 10.7.